The van der Waals surface area contributed by atoms with E-state index in [0.29, 0.717) is 6.42 Å². The van der Waals surface area contributed by atoms with Crippen LogP contribution in [0.25, 0.3) is 0 Å². The highest BCUT2D eigenvalue weighted by molar-refractivity contribution is 5.71. The van der Waals surface area contributed by atoms with Crippen LogP contribution < -0.4 is 0 Å². The molecule has 0 unspecified atom stereocenters. The van der Waals surface area contributed by atoms with Crippen LogP contribution in [0.1, 0.15) is 26.7 Å². The summed E-state index contributed by atoms with van der Waals surface area (Å²) in [4.78, 5) is 10.6. The van der Waals surface area contributed by atoms with Crippen molar-refractivity contribution in [1.82, 2.24) is 0 Å². The number of allylic oxidation sites excluding steroid dienone is 1. The molecule has 0 saturated carbocycles. The summed E-state index contributed by atoms with van der Waals surface area (Å²) in [7, 11) is 1.40. The molecule has 0 aliphatic heterocycles. The molecule has 0 saturated heterocycles. The maximum Gasteiger partial charge on any atom is 0.309 e. The fraction of sp³-hybridized carbons (Fsp3) is 0.625. The van der Waals surface area contributed by atoms with Gasteiger partial charge in [0.05, 0.1) is 13.5 Å². The molecule has 2 heteroatoms. The maximum absolute atomic E-state index is 10.6. The zero-order valence-corrected chi connectivity index (χ0v) is 6.81. The highest BCUT2D eigenvalue weighted by Gasteiger charge is 1.94. The standard InChI is InChI=1S/C8H14O2/c1-4-7(2)5-6-8(9)10-3/h5H,4,6H2,1-3H3/b7-5-. The van der Waals surface area contributed by atoms with Crippen LogP contribution in [0.5, 0.6) is 0 Å². The Morgan fingerprint density at radius 3 is 2.60 bits per heavy atom. The SMILES string of the molecule is CC/C(C)=C\CC(=O)OC. The summed E-state index contributed by atoms with van der Waals surface area (Å²) in [6, 6.07) is 0. The number of methoxy groups -OCH3 is 1. The maximum atomic E-state index is 10.6. The summed E-state index contributed by atoms with van der Waals surface area (Å²) in [6.45, 7) is 4.06. The number of carbonyl (C=O) groups excluding carboxylic acids is 1. The highest BCUT2D eigenvalue weighted by Crippen LogP contribution is 1.99. The summed E-state index contributed by atoms with van der Waals surface area (Å²) in [5, 5.41) is 0. The number of hydrogen-bond donors (Lipinski definition) is 0. The molecule has 0 aliphatic carbocycles. The number of rotatable bonds is 3. The van der Waals surface area contributed by atoms with Gasteiger partial charge in [0.25, 0.3) is 0 Å². The van der Waals surface area contributed by atoms with E-state index >= 15 is 0 Å². The van der Waals surface area contributed by atoms with Crippen LogP contribution in [0.2, 0.25) is 0 Å². The van der Waals surface area contributed by atoms with Crippen LogP contribution in [0, 0.1) is 0 Å². The second-order valence-corrected chi connectivity index (χ2v) is 2.18. The van der Waals surface area contributed by atoms with Gasteiger partial charge in [-0.3, -0.25) is 4.79 Å². The van der Waals surface area contributed by atoms with Gasteiger partial charge in [-0.25, -0.2) is 0 Å². The number of esters is 1. The van der Waals surface area contributed by atoms with Crippen molar-refractivity contribution in [3.8, 4) is 0 Å². The second-order valence-electron chi connectivity index (χ2n) is 2.18. The average molecular weight is 142 g/mol. The van der Waals surface area contributed by atoms with Crippen molar-refractivity contribution >= 4 is 5.97 Å². The van der Waals surface area contributed by atoms with E-state index in [1.807, 2.05) is 13.0 Å². The average Bonchev–Trinajstić information content (AvgIpc) is 1.99. The quantitative estimate of drug-likeness (QED) is 0.444. The number of carbonyl (C=O) groups is 1. The van der Waals surface area contributed by atoms with E-state index in [-0.39, 0.29) is 5.97 Å². The van der Waals surface area contributed by atoms with Crippen LogP contribution in [-0.2, 0) is 9.53 Å². The van der Waals surface area contributed by atoms with E-state index in [2.05, 4.69) is 11.7 Å². The topological polar surface area (TPSA) is 26.3 Å². The van der Waals surface area contributed by atoms with Gasteiger partial charge in [0.15, 0.2) is 0 Å². The third-order valence-electron chi connectivity index (χ3n) is 1.40. The van der Waals surface area contributed by atoms with Gasteiger partial charge in [-0.05, 0) is 13.3 Å². The van der Waals surface area contributed by atoms with Crippen LogP contribution in [-0.4, -0.2) is 13.1 Å². The van der Waals surface area contributed by atoms with Crippen LogP contribution in [0.4, 0.5) is 0 Å². The van der Waals surface area contributed by atoms with Crippen LogP contribution in [0.15, 0.2) is 11.6 Å². The normalized spacial score (nSPS) is 11.3. The van der Waals surface area contributed by atoms with Gasteiger partial charge in [-0.15, -0.1) is 0 Å². The van der Waals surface area contributed by atoms with Crippen molar-refractivity contribution in [2.24, 2.45) is 0 Å². The molecule has 10 heavy (non-hydrogen) atoms. The lowest BCUT2D eigenvalue weighted by atomic mass is 10.2. The molecule has 58 valence electrons. The molecule has 0 aromatic carbocycles. The molecule has 0 atom stereocenters. The van der Waals surface area contributed by atoms with Crippen LogP contribution >= 0.6 is 0 Å². The predicted octanol–water partition coefficient (Wildman–Crippen LogP) is 1.91. The van der Waals surface area contributed by atoms with E-state index in [1.165, 1.54) is 12.7 Å². The third-order valence-corrected chi connectivity index (χ3v) is 1.40. The van der Waals surface area contributed by atoms with Gasteiger partial charge in [-0.1, -0.05) is 18.6 Å². The Morgan fingerprint density at radius 1 is 1.60 bits per heavy atom. The van der Waals surface area contributed by atoms with Crippen molar-refractivity contribution in [2.45, 2.75) is 26.7 Å². The monoisotopic (exact) mass is 142 g/mol. The molecule has 0 rings (SSSR count). The first-order valence-electron chi connectivity index (χ1n) is 3.43. The van der Waals surface area contributed by atoms with E-state index in [4.69, 9.17) is 0 Å². The molecule has 0 N–H and O–H groups in total. The van der Waals surface area contributed by atoms with Gasteiger partial charge < -0.3 is 4.74 Å². The van der Waals surface area contributed by atoms with Crippen molar-refractivity contribution in [2.75, 3.05) is 7.11 Å². The van der Waals surface area contributed by atoms with Crippen molar-refractivity contribution in [3.05, 3.63) is 11.6 Å². The van der Waals surface area contributed by atoms with E-state index in [0.717, 1.165) is 6.42 Å². The zero-order valence-electron chi connectivity index (χ0n) is 6.81. The minimum Gasteiger partial charge on any atom is -0.469 e. The Balaban J connectivity index is 3.61. The fourth-order valence-electron chi connectivity index (χ4n) is 0.485. The largest absolute Gasteiger partial charge is 0.469 e. The molecule has 0 bridgehead atoms. The first kappa shape index (κ1) is 9.21. The zero-order chi connectivity index (χ0) is 7.98. The summed E-state index contributed by atoms with van der Waals surface area (Å²) in [6.07, 6.45) is 3.29. The van der Waals surface area contributed by atoms with Gasteiger partial charge in [0.1, 0.15) is 0 Å². The Morgan fingerprint density at radius 2 is 2.20 bits per heavy atom. The Labute approximate surface area is 61.9 Å². The van der Waals surface area contributed by atoms with Crippen molar-refractivity contribution in [1.29, 1.82) is 0 Å². The van der Waals surface area contributed by atoms with Crippen LogP contribution in [0.3, 0.4) is 0 Å². The summed E-state index contributed by atoms with van der Waals surface area (Å²) < 4.78 is 4.46. The molecular formula is C8H14O2. The lowest BCUT2D eigenvalue weighted by Crippen LogP contribution is -1.97. The predicted molar refractivity (Wildman–Crippen MR) is 40.7 cm³/mol. The lowest BCUT2D eigenvalue weighted by molar-refractivity contribution is -0.139. The van der Waals surface area contributed by atoms with Gasteiger partial charge in [-0.2, -0.15) is 0 Å². The molecule has 0 spiro atoms. The smallest absolute Gasteiger partial charge is 0.309 e. The minimum atomic E-state index is -0.173. The Kier molecular flexibility index (Phi) is 4.63. The Bertz CT molecular complexity index is 136. The van der Waals surface area contributed by atoms with Crippen molar-refractivity contribution in [3.63, 3.8) is 0 Å². The molecule has 2 nitrogen and oxygen atoms in total. The first-order chi connectivity index (χ1) is 4.70. The first-order valence-corrected chi connectivity index (χ1v) is 3.43. The molecular weight excluding hydrogens is 128 g/mol. The molecule has 0 amide bonds. The van der Waals surface area contributed by atoms with E-state index < -0.39 is 0 Å². The molecule has 0 aromatic heterocycles. The molecule has 0 radical (unpaired) electrons. The molecule has 0 aromatic rings. The second kappa shape index (κ2) is 5.03. The van der Waals surface area contributed by atoms with E-state index in [1.54, 1.807) is 0 Å². The third kappa shape index (κ3) is 4.13. The van der Waals surface area contributed by atoms with E-state index in [9.17, 15) is 4.79 Å². The minimum absolute atomic E-state index is 0.173. The summed E-state index contributed by atoms with van der Waals surface area (Å²) in [5.41, 5.74) is 1.23. The van der Waals surface area contributed by atoms with Gasteiger partial charge in [0.2, 0.25) is 0 Å². The van der Waals surface area contributed by atoms with Crippen molar-refractivity contribution < 1.29 is 9.53 Å². The lowest BCUT2D eigenvalue weighted by Gasteiger charge is -1.94. The Hall–Kier alpha value is -0.790. The van der Waals surface area contributed by atoms with Gasteiger partial charge in [0, 0.05) is 0 Å². The summed E-state index contributed by atoms with van der Waals surface area (Å²) in [5.74, 6) is -0.173. The fourth-order valence-corrected chi connectivity index (χ4v) is 0.485. The highest BCUT2D eigenvalue weighted by atomic mass is 16.5. The summed E-state index contributed by atoms with van der Waals surface area (Å²) >= 11 is 0. The van der Waals surface area contributed by atoms with Gasteiger partial charge >= 0.3 is 5.97 Å². The molecule has 0 heterocycles. The number of hydrogen-bond acceptors (Lipinski definition) is 2. The number of ether oxygens (including phenoxy) is 1. The molecule has 0 aliphatic rings. The molecule has 0 fully saturated rings.